The summed E-state index contributed by atoms with van der Waals surface area (Å²) >= 11 is 0. The molecule has 0 aliphatic carbocycles. The number of hydrogen-bond donors (Lipinski definition) is 2. The van der Waals surface area contributed by atoms with Gasteiger partial charge in [-0.15, -0.1) is 0 Å². The maximum absolute atomic E-state index is 12.5. The molecule has 0 bridgehead atoms. The van der Waals surface area contributed by atoms with Crippen molar-refractivity contribution in [2.45, 2.75) is 38.2 Å². The number of hydrogen-bond acceptors (Lipinski definition) is 4. The third-order valence-electron chi connectivity index (χ3n) is 4.96. The van der Waals surface area contributed by atoms with Crippen LogP contribution in [0.5, 0.6) is 5.75 Å². The van der Waals surface area contributed by atoms with Crippen molar-refractivity contribution in [1.29, 1.82) is 0 Å². The lowest BCUT2D eigenvalue weighted by molar-refractivity contribution is -0.142. The number of nitrogens with one attached hydrogen (secondary N) is 1. The summed E-state index contributed by atoms with van der Waals surface area (Å²) < 4.78 is 11.3. The Morgan fingerprint density at radius 3 is 2.61 bits per heavy atom. The van der Waals surface area contributed by atoms with Gasteiger partial charge in [-0.1, -0.05) is 18.2 Å². The molecule has 2 aromatic rings. The van der Waals surface area contributed by atoms with Crippen LogP contribution < -0.4 is 10.1 Å². The Hall–Kier alpha value is -2.86. The average Bonchev–Trinajstić information content (AvgIpc) is 3.20. The van der Waals surface area contributed by atoms with E-state index in [1.54, 1.807) is 56.3 Å². The minimum Gasteiger partial charge on any atom is -0.491 e. The summed E-state index contributed by atoms with van der Waals surface area (Å²) in [4.78, 5) is 23.9. The maximum Gasteiger partial charge on any atom is 0.313 e. The summed E-state index contributed by atoms with van der Waals surface area (Å²) in [6, 6.07) is 13.8. The summed E-state index contributed by atoms with van der Waals surface area (Å²) in [6.07, 6.45) is 2.17. The normalized spacial score (nSPS) is 16.6. The third kappa shape index (κ3) is 4.70. The molecule has 6 heteroatoms. The third-order valence-corrected chi connectivity index (χ3v) is 4.96. The lowest BCUT2D eigenvalue weighted by atomic mass is 9.85. The van der Waals surface area contributed by atoms with Gasteiger partial charge in [0.25, 0.3) is 5.91 Å². The number of carboxylic acid groups (broad SMARTS) is 1. The molecular weight excluding hydrogens is 358 g/mol. The van der Waals surface area contributed by atoms with Crippen molar-refractivity contribution < 1.29 is 24.2 Å². The molecule has 0 spiro atoms. The van der Waals surface area contributed by atoms with E-state index in [0.717, 1.165) is 19.4 Å². The van der Waals surface area contributed by atoms with Crippen LogP contribution in [0, 0.1) is 0 Å². The zero-order valence-electron chi connectivity index (χ0n) is 16.1. The fraction of sp³-hybridized carbons (Fsp3) is 0.364. The van der Waals surface area contributed by atoms with E-state index >= 15 is 0 Å². The summed E-state index contributed by atoms with van der Waals surface area (Å²) in [5, 5.41) is 12.1. The Morgan fingerprint density at radius 1 is 1.21 bits per heavy atom. The number of aliphatic carboxylic acids is 1. The molecule has 1 aliphatic rings. The number of carbonyl (C=O) groups excluding carboxylic acids is 1. The van der Waals surface area contributed by atoms with Gasteiger partial charge in [0.2, 0.25) is 0 Å². The second-order valence-electron chi connectivity index (χ2n) is 7.44. The number of benzene rings is 2. The van der Waals surface area contributed by atoms with Gasteiger partial charge in [-0.2, -0.15) is 0 Å². The topological polar surface area (TPSA) is 84.9 Å². The largest absolute Gasteiger partial charge is 0.491 e. The van der Waals surface area contributed by atoms with Gasteiger partial charge in [-0.25, -0.2) is 0 Å². The minimum absolute atomic E-state index is 0.117. The van der Waals surface area contributed by atoms with Crippen molar-refractivity contribution in [2.24, 2.45) is 0 Å². The first-order valence-corrected chi connectivity index (χ1v) is 9.36. The highest BCUT2D eigenvalue weighted by Gasteiger charge is 2.29. The van der Waals surface area contributed by atoms with Crippen molar-refractivity contribution in [1.82, 2.24) is 0 Å². The minimum atomic E-state index is -0.989. The van der Waals surface area contributed by atoms with Crippen molar-refractivity contribution in [3.8, 4) is 5.75 Å². The van der Waals surface area contributed by atoms with E-state index in [1.807, 2.05) is 6.07 Å². The zero-order valence-corrected chi connectivity index (χ0v) is 16.1. The lowest BCUT2D eigenvalue weighted by Crippen LogP contribution is -2.28. The van der Waals surface area contributed by atoms with Gasteiger partial charge in [-0.05, 0) is 62.6 Å². The molecule has 3 rings (SSSR count). The van der Waals surface area contributed by atoms with E-state index < -0.39 is 11.4 Å². The Kier molecular flexibility index (Phi) is 5.99. The lowest BCUT2D eigenvalue weighted by Gasteiger charge is -2.20. The van der Waals surface area contributed by atoms with Crippen LogP contribution in [0.15, 0.2) is 48.5 Å². The maximum atomic E-state index is 12.5. The SMILES string of the molecule is CC(C)(C(=O)O)c1ccc(NC(=O)c2cccc(OCC3CCCO3)c2)cc1. The van der Waals surface area contributed by atoms with E-state index in [-0.39, 0.29) is 12.0 Å². The van der Waals surface area contributed by atoms with Crippen molar-refractivity contribution in [2.75, 3.05) is 18.5 Å². The molecule has 1 fully saturated rings. The second-order valence-corrected chi connectivity index (χ2v) is 7.44. The highest BCUT2D eigenvalue weighted by Crippen LogP contribution is 2.25. The average molecular weight is 383 g/mol. The van der Waals surface area contributed by atoms with E-state index in [0.29, 0.717) is 29.2 Å². The first kappa shape index (κ1) is 19.9. The first-order valence-electron chi connectivity index (χ1n) is 9.36. The predicted octanol–water partition coefficient (Wildman–Crippen LogP) is 3.86. The van der Waals surface area contributed by atoms with Gasteiger partial charge < -0.3 is 19.9 Å². The Bertz CT molecular complexity index is 838. The van der Waals surface area contributed by atoms with Gasteiger partial charge in [-0.3, -0.25) is 9.59 Å². The summed E-state index contributed by atoms with van der Waals surface area (Å²) in [6.45, 7) is 4.54. The van der Waals surface area contributed by atoms with Gasteiger partial charge in [0.1, 0.15) is 12.4 Å². The van der Waals surface area contributed by atoms with Crippen molar-refractivity contribution >= 4 is 17.6 Å². The monoisotopic (exact) mass is 383 g/mol. The first-order chi connectivity index (χ1) is 13.4. The highest BCUT2D eigenvalue weighted by molar-refractivity contribution is 6.04. The zero-order chi connectivity index (χ0) is 20.1. The molecule has 148 valence electrons. The van der Waals surface area contributed by atoms with E-state index in [4.69, 9.17) is 9.47 Å². The van der Waals surface area contributed by atoms with Crippen LogP contribution in [0.3, 0.4) is 0 Å². The quantitative estimate of drug-likeness (QED) is 0.758. The molecule has 2 N–H and O–H groups in total. The van der Waals surface area contributed by atoms with Crippen LogP contribution >= 0.6 is 0 Å². The molecule has 2 aromatic carbocycles. The summed E-state index contributed by atoms with van der Waals surface area (Å²) in [5.41, 5.74) is 0.764. The molecule has 1 unspecified atom stereocenters. The fourth-order valence-corrected chi connectivity index (χ4v) is 2.99. The Morgan fingerprint density at radius 2 is 1.96 bits per heavy atom. The van der Waals surface area contributed by atoms with E-state index in [1.165, 1.54) is 0 Å². The molecule has 1 atom stereocenters. The fourth-order valence-electron chi connectivity index (χ4n) is 2.99. The molecular formula is C22H25NO5. The number of carbonyl (C=O) groups is 2. The van der Waals surface area contributed by atoms with Gasteiger partial charge >= 0.3 is 5.97 Å². The number of rotatable bonds is 7. The van der Waals surface area contributed by atoms with Crippen LogP contribution in [-0.2, 0) is 14.9 Å². The number of ether oxygens (including phenoxy) is 2. The molecule has 6 nitrogen and oxygen atoms in total. The smallest absolute Gasteiger partial charge is 0.313 e. The molecule has 1 amide bonds. The molecule has 1 heterocycles. The molecule has 1 aliphatic heterocycles. The predicted molar refractivity (Wildman–Crippen MR) is 106 cm³/mol. The Balaban J connectivity index is 1.62. The summed E-state index contributed by atoms with van der Waals surface area (Å²) in [5.74, 6) is -0.529. The van der Waals surface area contributed by atoms with Crippen LogP contribution in [0.2, 0.25) is 0 Å². The molecule has 0 aromatic heterocycles. The van der Waals surface area contributed by atoms with Gasteiger partial charge in [0.15, 0.2) is 0 Å². The summed E-state index contributed by atoms with van der Waals surface area (Å²) in [7, 11) is 0. The van der Waals surface area contributed by atoms with Gasteiger partial charge in [0.05, 0.1) is 11.5 Å². The van der Waals surface area contributed by atoms with Crippen LogP contribution in [-0.4, -0.2) is 36.3 Å². The van der Waals surface area contributed by atoms with Crippen LogP contribution in [0.1, 0.15) is 42.6 Å². The van der Waals surface area contributed by atoms with E-state index in [9.17, 15) is 14.7 Å². The number of amides is 1. The van der Waals surface area contributed by atoms with Crippen LogP contribution in [0.4, 0.5) is 5.69 Å². The standard InChI is InChI=1S/C22H25NO5/c1-22(2,21(25)26)16-8-10-17(11-9-16)23-20(24)15-5-3-6-18(13-15)28-14-19-7-4-12-27-19/h3,5-6,8-11,13,19H,4,7,12,14H2,1-2H3,(H,23,24)(H,25,26). The molecule has 0 saturated carbocycles. The number of anilines is 1. The van der Waals surface area contributed by atoms with Gasteiger partial charge in [0, 0.05) is 17.9 Å². The van der Waals surface area contributed by atoms with E-state index in [2.05, 4.69) is 5.32 Å². The van der Waals surface area contributed by atoms with Crippen molar-refractivity contribution in [3.05, 3.63) is 59.7 Å². The molecule has 0 radical (unpaired) electrons. The Labute approximate surface area is 164 Å². The second kappa shape index (κ2) is 8.44. The highest BCUT2D eigenvalue weighted by atomic mass is 16.5. The van der Waals surface area contributed by atoms with Crippen molar-refractivity contribution in [3.63, 3.8) is 0 Å². The molecule has 1 saturated heterocycles. The van der Waals surface area contributed by atoms with Crippen LogP contribution in [0.25, 0.3) is 0 Å². The molecule has 28 heavy (non-hydrogen) atoms. The number of carboxylic acids is 1.